The average molecular weight is 597 g/mol. The summed E-state index contributed by atoms with van der Waals surface area (Å²) >= 11 is 0. The normalized spacial score (nSPS) is 11.1. The molecule has 228 valence electrons. The number of pyridine rings is 2. The fourth-order valence-electron chi connectivity index (χ4n) is 5.50. The average Bonchev–Trinajstić information content (AvgIpc) is 3.06. The lowest BCUT2D eigenvalue weighted by Gasteiger charge is -2.14. The fourth-order valence-corrected chi connectivity index (χ4v) is 5.50. The number of benzene rings is 4. The Bertz CT molecular complexity index is 1720. The van der Waals surface area contributed by atoms with Gasteiger partial charge in [-0.1, -0.05) is 60.7 Å². The van der Waals surface area contributed by atoms with E-state index in [1.807, 2.05) is 74.5 Å². The molecule has 6 nitrogen and oxygen atoms in total. The van der Waals surface area contributed by atoms with Crippen molar-refractivity contribution in [3.8, 4) is 11.5 Å². The number of nitrogens with one attached hydrogen (secondary N) is 2. The highest BCUT2D eigenvalue weighted by Crippen LogP contribution is 2.29. The number of ether oxygens (including phenoxy) is 2. The first-order valence-electron chi connectivity index (χ1n) is 15.7. The molecule has 4 aromatic carbocycles. The number of aromatic nitrogens is 2. The van der Waals surface area contributed by atoms with Crippen LogP contribution < -0.4 is 20.1 Å². The molecule has 2 aromatic heterocycles. The van der Waals surface area contributed by atoms with Crippen LogP contribution in [-0.2, 0) is 13.2 Å². The van der Waals surface area contributed by atoms with Crippen molar-refractivity contribution >= 4 is 33.2 Å². The maximum atomic E-state index is 6.09. The first-order valence-corrected chi connectivity index (χ1v) is 15.7. The van der Waals surface area contributed by atoms with Gasteiger partial charge in [-0.25, -0.2) is 0 Å². The van der Waals surface area contributed by atoms with Gasteiger partial charge in [0, 0.05) is 46.6 Å². The number of nitrogens with zero attached hydrogens (tertiary/aromatic N) is 2. The number of hydrogen-bond donors (Lipinski definition) is 2. The van der Waals surface area contributed by atoms with Crippen molar-refractivity contribution in [1.29, 1.82) is 0 Å². The smallest absolute Gasteiger partial charge is 0.120 e. The second kappa shape index (κ2) is 14.6. The lowest BCUT2D eigenvalue weighted by Crippen LogP contribution is -2.06. The predicted octanol–water partition coefficient (Wildman–Crippen LogP) is 9.25. The molecule has 0 aliphatic carbocycles. The van der Waals surface area contributed by atoms with Gasteiger partial charge in [0.25, 0.3) is 0 Å². The first-order chi connectivity index (χ1) is 22.1. The Morgan fingerprint density at radius 3 is 1.40 bits per heavy atom. The molecule has 0 spiro atoms. The highest BCUT2D eigenvalue weighted by molar-refractivity contribution is 5.93. The Morgan fingerprint density at radius 2 is 0.956 bits per heavy atom. The summed E-state index contributed by atoms with van der Waals surface area (Å²) in [7, 11) is 0. The Labute approximate surface area is 265 Å². The van der Waals surface area contributed by atoms with E-state index in [0.29, 0.717) is 13.2 Å². The summed E-state index contributed by atoms with van der Waals surface area (Å²) in [5.41, 5.74) is 8.45. The standard InChI is InChI=1S/C39H40N4O2/c1-28-22-38(34-24-32(16-18-36(34)42-28)44-26-30-12-6-3-7-13-30)40-20-10-5-11-21-41-39-23-29(2)43-37-19-17-33(25-35(37)39)45-27-31-14-8-4-9-15-31/h3-4,6-9,12-19,22-25H,5,10-11,20-21,26-27H2,1-2H3,(H,40,42)(H,41,43). The molecule has 6 rings (SSSR count). The van der Waals surface area contributed by atoms with Crippen LogP contribution in [0.15, 0.2) is 109 Å². The van der Waals surface area contributed by atoms with Crippen LogP contribution in [0.2, 0.25) is 0 Å². The van der Waals surface area contributed by atoms with Gasteiger partial charge in [-0.2, -0.15) is 0 Å². The molecule has 0 aliphatic rings. The second-order valence-corrected chi connectivity index (χ2v) is 11.4. The number of rotatable bonds is 14. The highest BCUT2D eigenvalue weighted by atomic mass is 16.5. The zero-order valence-electron chi connectivity index (χ0n) is 26.1. The molecule has 0 saturated carbocycles. The van der Waals surface area contributed by atoms with Gasteiger partial charge < -0.3 is 20.1 Å². The van der Waals surface area contributed by atoms with Crippen LogP contribution in [0.3, 0.4) is 0 Å². The molecule has 2 N–H and O–H groups in total. The van der Waals surface area contributed by atoms with E-state index in [0.717, 1.165) is 99.5 Å². The topological polar surface area (TPSA) is 68.3 Å². The molecular weight excluding hydrogens is 556 g/mol. The molecule has 0 aliphatic heterocycles. The zero-order valence-corrected chi connectivity index (χ0v) is 26.1. The van der Waals surface area contributed by atoms with E-state index in [1.54, 1.807) is 0 Å². The summed E-state index contributed by atoms with van der Waals surface area (Å²) in [6.45, 7) is 6.96. The lowest BCUT2D eigenvalue weighted by molar-refractivity contribution is 0.306. The molecule has 0 amide bonds. The van der Waals surface area contributed by atoms with Crippen LogP contribution >= 0.6 is 0 Å². The van der Waals surface area contributed by atoms with Crippen molar-refractivity contribution in [2.75, 3.05) is 23.7 Å². The second-order valence-electron chi connectivity index (χ2n) is 11.4. The van der Waals surface area contributed by atoms with Gasteiger partial charge in [-0.05, 0) is 92.8 Å². The molecule has 45 heavy (non-hydrogen) atoms. The van der Waals surface area contributed by atoms with Crippen molar-refractivity contribution in [3.63, 3.8) is 0 Å². The number of hydrogen-bond acceptors (Lipinski definition) is 6. The highest BCUT2D eigenvalue weighted by Gasteiger charge is 2.08. The molecule has 0 saturated heterocycles. The summed E-state index contributed by atoms with van der Waals surface area (Å²) in [5.74, 6) is 1.69. The minimum Gasteiger partial charge on any atom is -0.489 e. The van der Waals surface area contributed by atoms with E-state index < -0.39 is 0 Å². The predicted molar refractivity (Wildman–Crippen MR) is 185 cm³/mol. The Morgan fingerprint density at radius 1 is 0.511 bits per heavy atom. The van der Waals surface area contributed by atoms with Gasteiger partial charge in [0.15, 0.2) is 0 Å². The van der Waals surface area contributed by atoms with E-state index >= 15 is 0 Å². The minimum absolute atomic E-state index is 0.542. The first kappa shape index (κ1) is 29.9. The third kappa shape index (κ3) is 8.09. The van der Waals surface area contributed by atoms with E-state index in [4.69, 9.17) is 19.4 Å². The number of anilines is 2. The van der Waals surface area contributed by atoms with Crippen LogP contribution in [0.1, 0.15) is 41.8 Å². The maximum absolute atomic E-state index is 6.09. The number of unbranched alkanes of at least 4 members (excludes halogenated alkanes) is 2. The summed E-state index contributed by atoms with van der Waals surface area (Å²) in [5, 5.41) is 9.49. The molecule has 0 unspecified atom stereocenters. The largest absolute Gasteiger partial charge is 0.489 e. The van der Waals surface area contributed by atoms with Crippen LogP contribution in [-0.4, -0.2) is 23.1 Å². The van der Waals surface area contributed by atoms with Crippen LogP contribution in [0.4, 0.5) is 11.4 Å². The maximum Gasteiger partial charge on any atom is 0.120 e. The lowest BCUT2D eigenvalue weighted by atomic mass is 10.1. The van der Waals surface area contributed by atoms with Gasteiger partial charge in [0.05, 0.1) is 11.0 Å². The van der Waals surface area contributed by atoms with Gasteiger partial charge in [-0.3, -0.25) is 9.97 Å². The zero-order chi connectivity index (χ0) is 30.8. The van der Waals surface area contributed by atoms with Crippen molar-refractivity contribution in [2.45, 2.75) is 46.3 Å². The van der Waals surface area contributed by atoms with Gasteiger partial charge in [0.1, 0.15) is 24.7 Å². The van der Waals surface area contributed by atoms with Crippen molar-refractivity contribution in [1.82, 2.24) is 9.97 Å². The molecule has 0 radical (unpaired) electrons. The van der Waals surface area contributed by atoms with Crippen molar-refractivity contribution in [2.24, 2.45) is 0 Å². The summed E-state index contributed by atoms with van der Waals surface area (Å²) < 4.78 is 12.2. The van der Waals surface area contributed by atoms with E-state index in [1.165, 1.54) is 0 Å². The van der Waals surface area contributed by atoms with Gasteiger partial charge >= 0.3 is 0 Å². The molecule has 2 heterocycles. The van der Waals surface area contributed by atoms with Crippen molar-refractivity contribution in [3.05, 3.63) is 132 Å². The Balaban J connectivity index is 1.01. The number of aryl methyl sites for hydroxylation is 2. The van der Waals surface area contributed by atoms with E-state index in [2.05, 4.69) is 59.2 Å². The van der Waals surface area contributed by atoms with E-state index in [-0.39, 0.29) is 0 Å². The molecule has 6 heteroatoms. The monoisotopic (exact) mass is 596 g/mol. The van der Waals surface area contributed by atoms with Gasteiger partial charge in [0.2, 0.25) is 0 Å². The van der Waals surface area contributed by atoms with Gasteiger partial charge in [-0.15, -0.1) is 0 Å². The van der Waals surface area contributed by atoms with Crippen LogP contribution in [0.25, 0.3) is 21.8 Å². The summed E-state index contributed by atoms with van der Waals surface area (Å²) in [4.78, 5) is 9.47. The molecular formula is C39H40N4O2. The summed E-state index contributed by atoms with van der Waals surface area (Å²) in [6, 6.07) is 37.0. The Kier molecular flexibility index (Phi) is 9.71. The third-order valence-electron chi connectivity index (χ3n) is 7.80. The fraction of sp³-hybridized carbons (Fsp3) is 0.231. The number of fused-ring (bicyclic) bond motifs is 2. The molecule has 6 aromatic rings. The van der Waals surface area contributed by atoms with Crippen molar-refractivity contribution < 1.29 is 9.47 Å². The minimum atomic E-state index is 0.542. The van der Waals surface area contributed by atoms with Crippen LogP contribution in [0.5, 0.6) is 11.5 Å². The van der Waals surface area contributed by atoms with Crippen LogP contribution in [0, 0.1) is 13.8 Å². The third-order valence-corrected chi connectivity index (χ3v) is 7.80. The molecule has 0 atom stereocenters. The SMILES string of the molecule is Cc1cc(NCCCCCNc2cc(C)nc3ccc(OCc4ccccc4)cc23)c2cc(OCc3ccccc3)ccc2n1. The molecule has 0 fully saturated rings. The molecule has 0 bridgehead atoms. The van der Waals surface area contributed by atoms with E-state index in [9.17, 15) is 0 Å². The quantitative estimate of drug-likeness (QED) is 0.122. The summed E-state index contributed by atoms with van der Waals surface area (Å²) in [6.07, 6.45) is 3.26. The Hall–Kier alpha value is -5.10.